The quantitative estimate of drug-likeness (QED) is 0.0186. The summed E-state index contributed by atoms with van der Waals surface area (Å²) in [6.45, 7) is 40.2. The zero-order chi connectivity index (χ0) is 66.6. The van der Waals surface area contributed by atoms with E-state index >= 15 is 0 Å². The zero-order valence-electron chi connectivity index (χ0n) is 57.8. The van der Waals surface area contributed by atoms with Gasteiger partial charge in [-0.3, -0.25) is 14.4 Å². The second kappa shape index (κ2) is 64.4. The first-order chi connectivity index (χ1) is 42.0. The molecule has 0 N–H and O–H groups in total. The zero-order valence-corrected chi connectivity index (χ0v) is 66.5. The molecule has 0 heterocycles. The molecule has 0 aliphatic carbocycles. The van der Waals surface area contributed by atoms with Crippen LogP contribution in [0.2, 0.25) is 57.4 Å². The van der Waals surface area contributed by atoms with Crippen LogP contribution in [0.1, 0.15) is 184 Å². The molecule has 0 fully saturated rings. The van der Waals surface area contributed by atoms with Crippen molar-refractivity contribution in [2.24, 2.45) is 0 Å². The Hall–Kier alpha value is 0.0506. The maximum atomic E-state index is 12.2. The molecule has 0 saturated carbocycles. The third-order valence-corrected chi connectivity index (χ3v) is 25.9. The van der Waals surface area contributed by atoms with Gasteiger partial charge in [-0.15, -0.1) is 11.8 Å². The van der Waals surface area contributed by atoms with Crippen LogP contribution in [0.3, 0.4) is 0 Å². The molecule has 522 valence electrons. The van der Waals surface area contributed by atoms with E-state index < -0.39 is 25.0 Å². The van der Waals surface area contributed by atoms with Crippen LogP contribution in [-0.2, 0) is 70.3 Å². The van der Waals surface area contributed by atoms with Gasteiger partial charge in [-0.1, -0.05) is 152 Å². The first-order valence-corrected chi connectivity index (χ1v) is 47.4. The molecule has 0 rings (SSSR count). The topological polar surface area (TPSA) is 162 Å². The highest BCUT2D eigenvalue weighted by Gasteiger charge is 2.25. The average molecular weight is 1430 g/mol. The molecule has 0 saturated heterocycles. The van der Waals surface area contributed by atoms with Crippen molar-refractivity contribution >= 4 is 139 Å². The molecule has 0 radical (unpaired) electrons. The molecule has 88 heavy (non-hydrogen) atoms. The lowest BCUT2D eigenvalue weighted by atomic mass is 10.1. The number of unbranched alkanes of at least 4 members (excludes halogenated alkanes) is 12. The van der Waals surface area contributed by atoms with Crippen molar-refractivity contribution in [1.29, 1.82) is 0 Å². The van der Waals surface area contributed by atoms with Crippen molar-refractivity contribution in [3.8, 4) is 0 Å². The lowest BCUT2D eigenvalue weighted by Gasteiger charge is -2.22. The number of ether oxygens (including phenoxy) is 9. The van der Waals surface area contributed by atoms with Gasteiger partial charge in [0.05, 0.1) is 59.5 Å². The molecule has 0 bridgehead atoms. The van der Waals surface area contributed by atoms with Gasteiger partial charge in [0.15, 0.2) is 25.0 Å². The number of hydrogen-bond donors (Lipinski definition) is 0. The maximum absolute atomic E-state index is 12.2. The van der Waals surface area contributed by atoms with E-state index in [0.29, 0.717) is 68.2 Å². The van der Waals surface area contributed by atoms with Gasteiger partial charge in [0.25, 0.3) is 0 Å². The van der Waals surface area contributed by atoms with Gasteiger partial charge in [0.2, 0.25) is 8.77 Å². The summed E-state index contributed by atoms with van der Waals surface area (Å²) in [5, 5.41) is -1.00. The Morgan fingerprint density at radius 1 is 0.341 bits per heavy atom. The number of hydrogen-bond acceptors (Lipinski definition) is 22. The summed E-state index contributed by atoms with van der Waals surface area (Å²) in [4.78, 5) is 35.9. The standard InChI is InChI=1S/C29H58O5S3Si.C19H38O6S2Si.C15H30O4S2Si/c1-6-8-10-11-12-13-14-15-16-17-25-36-29(35)37-27(3)28(30)33-24-23-32-22-21-31-19-18-26-38(4,5)34-20-9-7-2;1-6-8-11-25-28(4,5)16-9-10-21-12-13-22-14-15-24-18(20)17(3)27-19(26)23-7-2;1-6-8-11-19-22(4,5)12-9-10-18-14(16)13(3)21-15(20)17-7-2/h27H,6-26H2,1-5H3;17H,6-16H2,1-5H3;13H,6-12H2,1-5H3. The summed E-state index contributed by atoms with van der Waals surface area (Å²) < 4.78 is 67.9. The van der Waals surface area contributed by atoms with Crippen LogP contribution >= 0.6 is 83.7 Å². The number of thiocarbonyl (C=S) groups is 3. The normalized spacial score (nSPS) is 12.6. The van der Waals surface area contributed by atoms with Crippen LogP contribution in [0.25, 0.3) is 0 Å². The van der Waals surface area contributed by atoms with E-state index in [1.165, 1.54) is 112 Å². The van der Waals surface area contributed by atoms with E-state index in [9.17, 15) is 14.4 Å². The molecule has 0 amide bonds. The van der Waals surface area contributed by atoms with Gasteiger partial charge >= 0.3 is 17.9 Å². The Balaban J connectivity index is -0.00000128. The lowest BCUT2D eigenvalue weighted by Crippen LogP contribution is -2.31. The Kier molecular flexibility index (Phi) is 67.5. The molecule has 0 aromatic rings. The molecule has 25 heteroatoms. The highest BCUT2D eigenvalue weighted by Crippen LogP contribution is 2.25. The Morgan fingerprint density at radius 3 is 0.989 bits per heavy atom. The van der Waals surface area contributed by atoms with Crippen molar-refractivity contribution in [1.82, 2.24) is 0 Å². The van der Waals surface area contributed by atoms with Gasteiger partial charge in [-0.25, -0.2) is 0 Å². The summed E-state index contributed by atoms with van der Waals surface area (Å²) in [5.74, 6) is 0.245. The number of carbonyl (C=O) groups is 3. The summed E-state index contributed by atoms with van der Waals surface area (Å²) >= 11 is 21.0. The minimum absolute atomic E-state index is 0.222. The largest absolute Gasteiger partial charge is 0.479 e. The van der Waals surface area contributed by atoms with E-state index in [0.717, 1.165) is 105 Å². The summed E-state index contributed by atoms with van der Waals surface area (Å²) in [5.41, 5.74) is 0. The van der Waals surface area contributed by atoms with E-state index in [-0.39, 0.29) is 46.9 Å². The van der Waals surface area contributed by atoms with Crippen LogP contribution in [-0.4, -0.2) is 182 Å². The molecule has 0 aromatic heterocycles. The lowest BCUT2D eigenvalue weighted by molar-refractivity contribution is -0.145. The second-order valence-corrected chi connectivity index (χ2v) is 43.5. The second-order valence-electron chi connectivity index (χ2n) is 23.1. The van der Waals surface area contributed by atoms with Gasteiger partial charge in [0, 0.05) is 33.0 Å². The van der Waals surface area contributed by atoms with E-state index in [2.05, 4.69) is 67.0 Å². The van der Waals surface area contributed by atoms with E-state index in [1.54, 1.807) is 25.6 Å². The molecular weight excluding hydrogens is 1310 g/mol. The van der Waals surface area contributed by atoms with Crippen LogP contribution in [0.5, 0.6) is 0 Å². The number of rotatable bonds is 55. The fourth-order valence-electron chi connectivity index (χ4n) is 7.62. The van der Waals surface area contributed by atoms with Gasteiger partial charge in [-0.05, 0) is 167 Å². The third-order valence-electron chi connectivity index (χ3n) is 13.0. The minimum atomic E-state index is -1.61. The molecular formula is C63H126O15S7Si3. The molecule has 0 aliphatic rings. The number of carbonyl (C=O) groups excluding carboxylic acids is 3. The predicted molar refractivity (Wildman–Crippen MR) is 396 cm³/mol. The first-order valence-electron chi connectivity index (χ1n) is 33.2. The third kappa shape index (κ3) is 66.1. The molecule has 3 unspecified atom stereocenters. The summed E-state index contributed by atoms with van der Waals surface area (Å²) in [7, 11) is -4.70. The van der Waals surface area contributed by atoms with Crippen LogP contribution in [0.15, 0.2) is 0 Å². The Labute approximate surface area is 573 Å². The van der Waals surface area contributed by atoms with Crippen LogP contribution in [0, 0.1) is 0 Å². The molecule has 0 aliphatic heterocycles. The monoisotopic (exact) mass is 1430 g/mol. The molecule has 3 atom stereocenters. The minimum Gasteiger partial charge on any atom is -0.479 e. The van der Waals surface area contributed by atoms with E-state index in [4.69, 9.17) is 92.6 Å². The number of thioether (sulfide) groups is 4. The van der Waals surface area contributed by atoms with Crippen molar-refractivity contribution in [2.75, 3.05) is 111 Å². The van der Waals surface area contributed by atoms with Gasteiger partial charge in [-0.2, -0.15) is 0 Å². The van der Waals surface area contributed by atoms with Crippen LogP contribution in [0.4, 0.5) is 0 Å². The highest BCUT2D eigenvalue weighted by atomic mass is 32.2. The van der Waals surface area contributed by atoms with Crippen molar-refractivity contribution in [3.05, 3.63) is 0 Å². The van der Waals surface area contributed by atoms with Gasteiger partial charge in [0.1, 0.15) is 32.5 Å². The van der Waals surface area contributed by atoms with Crippen molar-refractivity contribution < 1.29 is 70.3 Å². The fraction of sp³-hybridized carbons (Fsp3) is 0.905. The molecule has 0 aromatic carbocycles. The van der Waals surface area contributed by atoms with Crippen molar-refractivity contribution in [3.63, 3.8) is 0 Å². The predicted octanol–water partition coefficient (Wildman–Crippen LogP) is 17.8. The molecule has 0 spiro atoms. The Morgan fingerprint density at radius 2 is 0.636 bits per heavy atom. The van der Waals surface area contributed by atoms with Gasteiger partial charge < -0.3 is 55.9 Å². The van der Waals surface area contributed by atoms with Crippen molar-refractivity contribution in [2.45, 2.75) is 257 Å². The number of esters is 3. The Bertz CT molecular complexity index is 1700. The SMILES string of the molecule is CCCCCCCCCCCCSC(=S)SC(C)C(=O)OCCOCCOCCC[Si](C)(C)OCCCC.CCCCO[Si](C)(C)CCCOC(=O)C(C)SC(=S)OCC.CCCCO[Si](C)(C)CCCOCCOCCOC(=O)C(C)SC(=S)OCC. The molecule has 15 nitrogen and oxygen atoms in total. The smallest absolute Gasteiger partial charge is 0.319 e. The summed E-state index contributed by atoms with van der Waals surface area (Å²) in [6.07, 6.45) is 23.2. The van der Waals surface area contributed by atoms with Crippen LogP contribution < -0.4 is 0 Å². The fourth-order valence-corrected chi connectivity index (χ4v) is 18.1. The first kappa shape index (κ1) is 92.2. The van der Waals surface area contributed by atoms with E-state index in [1.807, 2.05) is 20.8 Å². The summed E-state index contributed by atoms with van der Waals surface area (Å²) in [6, 6.07) is 3.23. The average Bonchev–Trinajstić information content (AvgIpc) is 3.46. The highest BCUT2D eigenvalue weighted by molar-refractivity contribution is 8.47. The maximum Gasteiger partial charge on any atom is 0.319 e.